The van der Waals surface area contributed by atoms with Crippen molar-refractivity contribution in [3.8, 4) is 17.1 Å². The standard InChI is InChI=1S/C26H27N5O3/c1-33-22-9-7-20(8-10-22)26-28-23(34-29-26)11-12-24(32)31-16-14-30(15-17-31)18-21-5-2-4-19-6-3-13-27-25(19)21/h2-10,13H,11-12,14-18H2,1H3. The van der Waals surface area contributed by atoms with Crippen molar-refractivity contribution in [2.75, 3.05) is 33.3 Å². The third-order valence-electron chi connectivity index (χ3n) is 6.20. The summed E-state index contributed by atoms with van der Waals surface area (Å²) in [6.07, 6.45) is 2.63. The normalized spacial score (nSPS) is 14.4. The van der Waals surface area contributed by atoms with E-state index in [0.29, 0.717) is 24.6 Å². The third kappa shape index (κ3) is 4.92. The Balaban J connectivity index is 1.11. The number of benzene rings is 2. The van der Waals surface area contributed by atoms with Crippen LogP contribution in [0.5, 0.6) is 5.75 Å². The predicted molar refractivity (Wildman–Crippen MR) is 128 cm³/mol. The van der Waals surface area contributed by atoms with Crippen LogP contribution in [0.4, 0.5) is 0 Å². The molecule has 8 nitrogen and oxygen atoms in total. The molecule has 1 aliphatic heterocycles. The summed E-state index contributed by atoms with van der Waals surface area (Å²) < 4.78 is 10.5. The number of hydrogen-bond acceptors (Lipinski definition) is 7. The number of ether oxygens (including phenoxy) is 1. The highest BCUT2D eigenvalue weighted by atomic mass is 16.5. The Labute approximate surface area is 198 Å². The van der Waals surface area contributed by atoms with E-state index in [1.165, 1.54) is 5.56 Å². The molecule has 1 saturated heterocycles. The van der Waals surface area contributed by atoms with Gasteiger partial charge in [0.15, 0.2) is 0 Å². The number of piperazine rings is 1. The SMILES string of the molecule is COc1ccc(-c2noc(CCC(=O)N3CCN(Cc4cccc5cccnc45)CC3)n2)cc1. The molecule has 0 unspecified atom stereocenters. The van der Waals surface area contributed by atoms with Gasteiger partial charge in [0, 0.05) is 62.7 Å². The van der Waals surface area contributed by atoms with Crippen molar-refractivity contribution >= 4 is 16.8 Å². The molecule has 1 amide bonds. The van der Waals surface area contributed by atoms with E-state index in [0.717, 1.165) is 54.9 Å². The molecule has 0 saturated carbocycles. The molecule has 174 valence electrons. The number of carbonyl (C=O) groups excluding carboxylic acids is 1. The number of methoxy groups -OCH3 is 1. The average molecular weight is 458 g/mol. The first kappa shape index (κ1) is 22.0. The van der Waals surface area contributed by atoms with Gasteiger partial charge in [-0.15, -0.1) is 0 Å². The van der Waals surface area contributed by atoms with E-state index >= 15 is 0 Å². The molecule has 34 heavy (non-hydrogen) atoms. The number of carbonyl (C=O) groups is 1. The van der Waals surface area contributed by atoms with E-state index in [4.69, 9.17) is 9.26 Å². The first-order valence-electron chi connectivity index (χ1n) is 11.5. The number of aryl methyl sites for hydroxylation is 1. The molecule has 0 atom stereocenters. The molecule has 0 aliphatic carbocycles. The zero-order chi connectivity index (χ0) is 23.3. The molecule has 2 aromatic heterocycles. The molecule has 0 spiro atoms. The van der Waals surface area contributed by atoms with Crippen molar-refractivity contribution in [1.82, 2.24) is 24.9 Å². The molecule has 2 aromatic carbocycles. The highest BCUT2D eigenvalue weighted by molar-refractivity contribution is 5.81. The Hall–Kier alpha value is -3.78. The molecule has 4 aromatic rings. The van der Waals surface area contributed by atoms with Crippen LogP contribution in [-0.2, 0) is 17.8 Å². The lowest BCUT2D eigenvalue weighted by molar-refractivity contribution is -0.133. The number of aromatic nitrogens is 3. The Morgan fingerprint density at radius 2 is 1.82 bits per heavy atom. The number of hydrogen-bond donors (Lipinski definition) is 0. The molecule has 1 aliphatic rings. The van der Waals surface area contributed by atoms with Gasteiger partial charge in [-0.3, -0.25) is 14.7 Å². The van der Waals surface area contributed by atoms with Gasteiger partial charge in [0.2, 0.25) is 17.6 Å². The molecule has 5 rings (SSSR count). The zero-order valence-electron chi connectivity index (χ0n) is 19.2. The molecule has 3 heterocycles. The van der Waals surface area contributed by atoms with Crippen LogP contribution >= 0.6 is 0 Å². The minimum absolute atomic E-state index is 0.121. The number of pyridine rings is 1. The van der Waals surface area contributed by atoms with Gasteiger partial charge in [-0.2, -0.15) is 4.98 Å². The average Bonchev–Trinajstić information content (AvgIpc) is 3.37. The van der Waals surface area contributed by atoms with Crippen LogP contribution in [0.1, 0.15) is 17.9 Å². The van der Waals surface area contributed by atoms with Crippen LogP contribution in [0.15, 0.2) is 65.3 Å². The van der Waals surface area contributed by atoms with Crippen molar-refractivity contribution < 1.29 is 14.1 Å². The van der Waals surface area contributed by atoms with E-state index in [2.05, 4.69) is 44.3 Å². The Morgan fingerprint density at radius 1 is 1.03 bits per heavy atom. The van der Waals surface area contributed by atoms with Crippen LogP contribution in [0, 0.1) is 0 Å². The summed E-state index contributed by atoms with van der Waals surface area (Å²) in [6, 6.07) is 17.8. The van der Waals surface area contributed by atoms with Gasteiger partial charge in [0.1, 0.15) is 5.75 Å². The summed E-state index contributed by atoms with van der Waals surface area (Å²) in [4.78, 5) is 26.1. The number of nitrogens with zero attached hydrogens (tertiary/aromatic N) is 5. The topological polar surface area (TPSA) is 84.6 Å². The van der Waals surface area contributed by atoms with Crippen LogP contribution < -0.4 is 4.74 Å². The molecule has 0 bridgehead atoms. The number of amides is 1. The Kier molecular flexibility index (Phi) is 6.49. The maximum Gasteiger partial charge on any atom is 0.227 e. The van der Waals surface area contributed by atoms with Crippen LogP contribution in [0.2, 0.25) is 0 Å². The third-order valence-corrected chi connectivity index (χ3v) is 6.20. The van der Waals surface area contributed by atoms with Gasteiger partial charge in [-0.05, 0) is 35.9 Å². The molecular weight excluding hydrogens is 430 g/mol. The first-order chi connectivity index (χ1) is 16.7. The minimum atomic E-state index is 0.121. The lowest BCUT2D eigenvalue weighted by Gasteiger charge is -2.34. The second-order valence-corrected chi connectivity index (χ2v) is 8.39. The zero-order valence-corrected chi connectivity index (χ0v) is 19.2. The molecule has 0 radical (unpaired) electrons. The van der Waals surface area contributed by atoms with E-state index in [1.807, 2.05) is 41.4 Å². The molecular formula is C26H27N5O3. The van der Waals surface area contributed by atoms with E-state index < -0.39 is 0 Å². The second kappa shape index (κ2) is 10.0. The lowest BCUT2D eigenvalue weighted by atomic mass is 10.1. The van der Waals surface area contributed by atoms with Crippen LogP contribution in [0.25, 0.3) is 22.3 Å². The monoisotopic (exact) mass is 457 g/mol. The van der Waals surface area contributed by atoms with Crippen molar-refractivity contribution in [1.29, 1.82) is 0 Å². The van der Waals surface area contributed by atoms with E-state index in [9.17, 15) is 4.79 Å². The molecule has 0 N–H and O–H groups in total. The summed E-state index contributed by atoms with van der Waals surface area (Å²) in [5.41, 5.74) is 3.12. The predicted octanol–water partition coefficient (Wildman–Crippen LogP) is 3.57. The summed E-state index contributed by atoms with van der Waals surface area (Å²) >= 11 is 0. The Morgan fingerprint density at radius 3 is 2.62 bits per heavy atom. The fourth-order valence-corrected chi connectivity index (χ4v) is 4.28. The van der Waals surface area contributed by atoms with E-state index in [-0.39, 0.29) is 5.91 Å². The van der Waals surface area contributed by atoms with Gasteiger partial charge < -0.3 is 14.2 Å². The van der Waals surface area contributed by atoms with Gasteiger partial charge in [0.05, 0.1) is 12.6 Å². The smallest absolute Gasteiger partial charge is 0.227 e. The number of para-hydroxylation sites is 1. The minimum Gasteiger partial charge on any atom is -0.497 e. The summed E-state index contributed by atoms with van der Waals surface area (Å²) in [7, 11) is 1.63. The fourth-order valence-electron chi connectivity index (χ4n) is 4.28. The highest BCUT2D eigenvalue weighted by Gasteiger charge is 2.22. The first-order valence-corrected chi connectivity index (χ1v) is 11.5. The van der Waals surface area contributed by atoms with Gasteiger partial charge in [-0.1, -0.05) is 29.4 Å². The maximum absolute atomic E-state index is 12.8. The quantitative estimate of drug-likeness (QED) is 0.419. The second-order valence-electron chi connectivity index (χ2n) is 8.39. The van der Waals surface area contributed by atoms with Crippen LogP contribution in [-0.4, -0.2) is 64.1 Å². The van der Waals surface area contributed by atoms with Crippen molar-refractivity contribution in [2.45, 2.75) is 19.4 Å². The van der Waals surface area contributed by atoms with Crippen LogP contribution in [0.3, 0.4) is 0 Å². The Bertz CT molecular complexity index is 1260. The largest absolute Gasteiger partial charge is 0.497 e. The van der Waals surface area contributed by atoms with Crippen molar-refractivity contribution in [3.63, 3.8) is 0 Å². The summed E-state index contributed by atoms with van der Waals surface area (Å²) in [5, 5.41) is 5.20. The lowest BCUT2D eigenvalue weighted by Crippen LogP contribution is -2.48. The molecule has 8 heteroatoms. The van der Waals surface area contributed by atoms with Crippen molar-refractivity contribution in [2.24, 2.45) is 0 Å². The van der Waals surface area contributed by atoms with Gasteiger partial charge >= 0.3 is 0 Å². The number of fused-ring (bicyclic) bond motifs is 1. The van der Waals surface area contributed by atoms with Gasteiger partial charge in [-0.25, -0.2) is 0 Å². The fraction of sp³-hybridized carbons (Fsp3) is 0.308. The number of rotatable bonds is 7. The van der Waals surface area contributed by atoms with Crippen molar-refractivity contribution in [3.05, 3.63) is 72.2 Å². The highest BCUT2D eigenvalue weighted by Crippen LogP contribution is 2.21. The van der Waals surface area contributed by atoms with Gasteiger partial charge in [0.25, 0.3) is 0 Å². The maximum atomic E-state index is 12.8. The summed E-state index contributed by atoms with van der Waals surface area (Å²) in [5.74, 6) is 1.88. The van der Waals surface area contributed by atoms with E-state index in [1.54, 1.807) is 7.11 Å². The molecule has 1 fully saturated rings. The summed E-state index contributed by atoms with van der Waals surface area (Å²) in [6.45, 7) is 3.97.